The molecule has 0 amide bonds. The fraction of sp³-hybridized carbons (Fsp3) is 0.417. The lowest BCUT2D eigenvalue weighted by atomic mass is 10.3. The third-order valence-corrected chi connectivity index (χ3v) is 5.58. The quantitative estimate of drug-likeness (QED) is 0.858. The molecule has 1 aromatic carbocycles. The van der Waals surface area contributed by atoms with Gasteiger partial charge in [-0.3, -0.25) is 0 Å². The molecule has 1 aliphatic rings. The first kappa shape index (κ1) is 15.8. The number of anilines is 1. The summed E-state index contributed by atoms with van der Waals surface area (Å²) in [5.41, 5.74) is 0.309. The molecule has 2 N–H and O–H groups in total. The number of sulfonamides is 1. The first-order valence-corrected chi connectivity index (χ1v) is 9.72. The topological polar surface area (TPSA) is 105 Å². The van der Waals surface area contributed by atoms with Crippen molar-refractivity contribution in [2.75, 3.05) is 11.6 Å². The Labute approximate surface area is 124 Å². The van der Waals surface area contributed by atoms with Gasteiger partial charge in [-0.05, 0) is 31.5 Å². The summed E-state index contributed by atoms with van der Waals surface area (Å²) >= 11 is 0. The van der Waals surface area contributed by atoms with Crippen LogP contribution in [0.1, 0.15) is 20.3 Å². The molecular weight excluding hydrogens is 314 g/mol. The number of aliphatic imine (C=N–C) groups is 1. The highest BCUT2D eigenvalue weighted by Gasteiger charge is 2.28. The smallest absolute Gasteiger partial charge is 0.266 e. The van der Waals surface area contributed by atoms with Crippen LogP contribution in [0.2, 0.25) is 0 Å². The molecule has 2 rings (SSSR count). The summed E-state index contributed by atoms with van der Waals surface area (Å²) in [5.74, 6) is 0.143. The van der Waals surface area contributed by atoms with Crippen molar-refractivity contribution < 1.29 is 16.8 Å². The van der Waals surface area contributed by atoms with Gasteiger partial charge in [-0.2, -0.15) is 0 Å². The van der Waals surface area contributed by atoms with E-state index in [1.807, 2.05) is 13.8 Å². The minimum Gasteiger partial charge on any atom is -0.324 e. The van der Waals surface area contributed by atoms with Gasteiger partial charge in [-0.1, -0.05) is 6.92 Å². The predicted molar refractivity (Wildman–Crippen MR) is 80.7 cm³/mol. The molecule has 0 saturated heterocycles. The van der Waals surface area contributed by atoms with E-state index in [9.17, 15) is 16.8 Å². The lowest BCUT2D eigenvalue weighted by Gasteiger charge is -2.22. The summed E-state index contributed by atoms with van der Waals surface area (Å²) < 4.78 is 49.8. The molecule has 0 aromatic heterocycles. The molecule has 0 fully saturated rings. The fourth-order valence-electron chi connectivity index (χ4n) is 1.76. The number of benzene rings is 1. The zero-order valence-corrected chi connectivity index (χ0v) is 13.5. The molecule has 1 atom stereocenters. The van der Waals surface area contributed by atoms with E-state index in [4.69, 9.17) is 0 Å². The van der Waals surface area contributed by atoms with Crippen molar-refractivity contribution in [1.29, 1.82) is 0 Å². The van der Waals surface area contributed by atoms with Crippen molar-refractivity contribution in [3.63, 3.8) is 0 Å². The van der Waals surface area contributed by atoms with Gasteiger partial charge in [0.05, 0.1) is 16.6 Å². The summed E-state index contributed by atoms with van der Waals surface area (Å²) in [6.45, 7) is 3.81. The van der Waals surface area contributed by atoms with Gasteiger partial charge >= 0.3 is 0 Å². The van der Waals surface area contributed by atoms with Gasteiger partial charge in [0.2, 0.25) is 5.96 Å². The molecule has 0 radical (unpaired) electrons. The first-order chi connectivity index (χ1) is 9.63. The van der Waals surface area contributed by atoms with Crippen LogP contribution in [0.4, 0.5) is 5.69 Å². The monoisotopic (exact) mass is 331 g/mol. The van der Waals surface area contributed by atoms with Gasteiger partial charge in [-0.15, -0.1) is 0 Å². The SMILES string of the molecule is CCC(C)N=C1Nc2ccc(S(C)(=O)=O)cc2S(=O)(=O)N1. The van der Waals surface area contributed by atoms with E-state index in [1.165, 1.54) is 12.1 Å². The Bertz CT molecular complexity index is 798. The van der Waals surface area contributed by atoms with Crippen molar-refractivity contribution in [2.45, 2.75) is 36.1 Å². The van der Waals surface area contributed by atoms with Crippen LogP contribution in [0.3, 0.4) is 0 Å². The summed E-state index contributed by atoms with van der Waals surface area (Å²) in [6, 6.07) is 3.89. The highest BCUT2D eigenvalue weighted by Crippen LogP contribution is 2.27. The van der Waals surface area contributed by atoms with E-state index in [0.29, 0.717) is 5.69 Å². The van der Waals surface area contributed by atoms with E-state index in [1.54, 1.807) is 0 Å². The van der Waals surface area contributed by atoms with Crippen LogP contribution in [0.25, 0.3) is 0 Å². The third-order valence-electron chi connectivity index (χ3n) is 3.10. The minimum atomic E-state index is -3.84. The maximum Gasteiger partial charge on any atom is 0.266 e. The van der Waals surface area contributed by atoms with Crippen LogP contribution in [-0.4, -0.2) is 35.1 Å². The average Bonchev–Trinajstić information content (AvgIpc) is 2.36. The highest BCUT2D eigenvalue weighted by atomic mass is 32.2. The Hall–Kier alpha value is -1.61. The second-order valence-electron chi connectivity index (χ2n) is 4.90. The minimum absolute atomic E-state index is 0.0351. The molecule has 0 aliphatic carbocycles. The van der Waals surface area contributed by atoms with E-state index < -0.39 is 19.9 Å². The average molecular weight is 331 g/mol. The predicted octanol–water partition coefficient (Wildman–Crippen LogP) is 0.948. The fourth-order valence-corrected chi connectivity index (χ4v) is 3.65. The van der Waals surface area contributed by atoms with Gasteiger partial charge in [0.15, 0.2) is 9.84 Å². The Balaban J connectivity index is 2.53. The molecule has 7 nitrogen and oxygen atoms in total. The summed E-state index contributed by atoms with van der Waals surface area (Å²) in [7, 11) is -7.31. The van der Waals surface area contributed by atoms with Crippen LogP contribution in [-0.2, 0) is 19.9 Å². The van der Waals surface area contributed by atoms with E-state index in [0.717, 1.165) is 18.7 Å². The molecule has 116 valence electrons. The Morgan fingerprint density at radius 1 is 1.33 bits per heavy atom. The molecule has 0 saturated carbocycles. The second-order valence-corrected chi connectivity index (χ2v) is 8.56. The number of rotatable bonds is 3. The van der Waals surface area contributed by atoms with E-state index in [2.05, 4.69) is 15.0 Å². The molecule has 1 unspecified atom stereocenters. The lowest BCUT2D eigenvalue weighted by molar-refractivity contribution is 0.590. The number of hydrogen-bond donors (Lipinski definition) is 2. The molecule has 1 aromatic rings. The van der Waals surface area contributed by atoms with Gasteiger partial charge < -0.3 is 5.32 Å². The molecule has 1 heterocycles. The normalized spacial score (nSPS) is 20.2. The number of sulfone groups is 1. The van der Waals surface area contributed by atoms with Crippen LogP contribution in [0.5, 0.6) is 0 Å². The summed E-state index contributed by atoms with van der Waals surface area (Å²) in [5, 5.41) is 2.86. The number of hydrogen-bond acceptors (Lipinski definition) is 5. The van der Waals surface area contributed by atoms with Gasteiger partial charge in [0, 0.05) is 6.26 Å². The van der Waals surface area contributed by atoms with Crippen molar-refractivity contribution in [3.8, 4) is 0 Å². The molecule has 0 bridgehead atoms. The standard InChI is InChI=1S/C12H17N3O4S2/c1-4-8(2)13-12-14-10-6-5-9(20(3,16)17)7-11(10)21(18,19)15-12/h5-8H,4H2,1-3H3,(H2,13,14,15). The van der Waals surface area contributed by atoms with Crippen molar-refractivity contribution >= 4 is 31.5 Å². The van der Waals surface area contributed by atoms with Crippen molar-refractivity contribution in [3.05, 3.63) is 18.2 Å². The number of fused-ring (bicyclic) bond motifs is 1. The number of nitrogens with zero attached hydrogens (tertiary/aromatic N) is 1. The maximum absolute atomic E-state index is 12.2. The second kappa shape index (κ2) is 5.30. The molecule has 9 heteroatoms. The van der Waals surface area contributed by atoms with Crippen LogP contribution in [0, 0.1) is 0 Å². The molecule has 1 aliphatic heterocycles. The third kappa shape index (κ3) is 3.35. The zero-order chi connectivity index (χ0) is 15.8. The van der Waals surface area contributed by atoms with Gasteiger partial charge in [0.1, 0.15) is 4.90 Å². The molecule has 0 spiro atoms. The summed E-state index contributed by atoms with van der Waals surface area (Å²) in [6.07, 6.45) is 1.80. The molecule has 21 heavy (non-hydrogen) atoms. The number of nitrogens with one attached hydrogen (secondary N) is 2. The Morgan fingerprint density at radius 2 is 2.00 bits per heavy atom. The summed E-state index contributed by atoms with van der Waals surface area (Å²) in [4.78, 5) is 4.07. The van der Waals surface area contributed by atoms with Crippen LogP contribution in [0.15, 0.2) is 33.0 Å². The van der Waals surface area contributed by atoms with Crippen molar-refractivity contribution in [2.24, 2.45) is 4.99 Å². The van der Waals surface area contributed by atoms with E-state index >= 15 is 0 Å². The van der Waals surface area contributed by atoms with Gasteiger partial charge in [-0.25, -0.2) is 26.6 Å². The highest BCUT2D eigenvalue weighted by molar-refractivity contribution is 7.91. The molecular formula is C12H17N3O4S2. The first-order valence-electron chi connectivity index (χ1n) is 6.35. The zero-order valence-electron chi connectivity index (χ0n) is 11.9. The maximum atomic E-state index is 12.2. The van der Waals surface area contributed by atoms with Crippen molar-refractivity contribution in [1.82, 2.24) is 4.72 Å². The largest absolute Gasteiger partial charge is 0.324 e. The Morgan fingerprint density at radius 3 is 2.57 bits per heavy atom. The number of guanidine groups is 1. The Kier molecular flexibility index (Phi) is 3.98. The van der Waals surface area contributed by atoms with Crippen LogP contribution < -0.4 is 10.0 Å². The van der Waals surface area contributed by atoms with Crippen LogP contribution >= 0.6 is 0 Å². The van der Waals surface area contributed by atoms with E-state index in [-0.39, 0.29) is 21.8 Å². The lowest BCUT2D eigenvalue weighted by Crippen LogP contribution is -2.41. The van der Waals surface area contributed by atoms with Gasteiger partial charge in [0.25, 0.3) is 10.0 Å².